The molecule has 1 heterocycles. The van der Waals surface area contributed by atoms with Gasteiger partial charge >= 0.3 is 12.4 Å². The summed E-state index contributed by atoms with van der Waals surface area (Å²) in [5.74, 6) is 0. The van der Waals surface area contributed by atoms with Crippen LogP contribution in [-0.4, -0.2) is 31.1 Å². The molecule has 2 nitrogen and oxygen atoms in total. The SMILES string of the molecule is C=CC[C@@H](c1ccc(C(F)(F)F)cc1C(F)(F)F)N1CCNCC1.Cl.Cl. The van der Waals surface area contributed by atoms with Gasteiger partial charge in [0, 0.05) is 32.2 Å². The highest BCUT2D eigenvalue weighted by atomic mass is 35.5. The van der Waals surface area contributed by atoms with Crippen molar-refractivity contribution in [1.82, 2.24) is 10.2 Å². The van der Waals surface area contributed by atoms with Gasteiger partial charge in [-0.1, -0.05) is 12.1 Å². The molecule has 1 saturated heterocycles. The van der Waals surface area contributed by atoms with Crippen LogP contribution in [0.4, 0.5) is 26.3 Å². The van der Waals surface area contributed by atoms with Crippen LogP contribution >= 0.6 is 24.8 Å². The fourth-order valence-electron chi connectivity index (χ4n) is 2.89. The van der Waals surface area contributed by atoms with E-state index in [1.54, 1.807) is 0 Å². The van der Waals surface area contributed by atoms with Gasteiger partial charge in [0.15, 0.2) is 0 Å². The fraction of sp³-hybridized carbons (Fsp3) is 0.500. The molecule has 1 fully saturated rings. The van der Waals surface area contributed by atoms with E-state index in [4.69, 9.17) is 0 Å². The molecule has 150 valence electrons. The molecule has 1 aliphatic rings. The van der Waals surface area contributed by atoms with Crippen molar-refractivity contribution in [2.24, 2.45) is 0 Å². The van der Waals surface area contributed by atoms with Crippen LogP contribution < -0.4 is 5.32 Å². The Kier molecular flexibility index (Phi) is 9.46. The van der Waals surface area contributed by atoms with E-state index in [0.717, 1.165) is 6.07 Å². The molecule has 0 spiro atoms. The Balaban J connectivity index is 0.00000312. The van der Waals surface area contributed by atoms with Gasteiger partial charge in [0.25, 0.3) is 0 Å². The Labute approximate surface area is 160 Å². The molecule has 0 radical (unpaired) electrons. The van der Waals surface area contributed by atoms with Crippen LogP contribution in [-0.2, 0) is 12.4 Å². The van der Waals surface area contributed by atoms with Crippen LogP contribution in [0.15, 0.2) is 30.9 Å². The average Bonchev–Trinajstić information content (AvgIpc) is 2.51. The molecular formula is C16H20Cl2F6N2. The number of rotatable bonds is 4. The molecule has 1 aromatic carbocycles. The summed E-state index contributed by atoms with van der Waals surface area (Å²) in [5.41, 5.74) is -2.67. The Hall–Kier alpha value is -0.960. The zero-order valence-corrected chi connectivity index (χ0v) is 15.3. The van der Waals surface area contributed by atoms with Gasteiger partial charge in [-0.2, -0.15) is 26.3 Å². The van der Waals surface area contributed by atoms with Crippen LogP contribution in [0.5, 0.6) is 0 Å². The molecule has 1 atom stereocenters. The van der Waals surface area contributed by atoms with E-state index in [1.165, 1.54) is 6.08 Å². The van der Waals surface area contributed by atoms with Gasteiger partial charge < -0.3 is 5.32 Å². The van der Waals surface area contributed by atoms with Gasteiger partial charge in [-0.25, -0.2) is 0 Å². The number of hydrogen-bond donors (Lipinski definition) is 1. The molecule has 0 aliphatic carbocycles. The predicted octanol–water partition coefficient (Wildman–Crippen LogP) is 5.09. The quantitative estimate of drug-likeness (QED) is 0.534. The van der Waals surface area contributed by atoms with Crippen molar-refractivity contribution >= 4 is 24.8 Å². The van der Waals surface area contributed by atoms with E-state index in [0.29, 0.717) is 32.2 Å². The molecule has 0 bridgehead atoms. The zero-order valence-electron chi connectivity index (χ0n) is 13.7. The molecule has 0 unspecified atom stereocenters. The highest BCUT2D eigenvalue weighted by molar-refractivity contribution is 5.85. The lowest BCUT2D eigenvalue weighted by molar-refractivity contribution is -0.143. The lowest BCUT2D eigenvalue weighted by Crippen LogP contribution is -2.45. The summed E-state index contributed by atoms with van der Waals surface area (Å²) >= 11 is 0. The molecule has 0 aromatic heterocycles. The Morgan fingerprint density at radius 2 is 1.62 bits per heavy atom. The van der Waals surface area contributed by atoms with Crippen LogP contribution in [0.25, 0.3) is 0 Å². The van der Waals surface area contributed by atoms with Gasteiger partial charge in [-0.3, -0.25) is 4.90 Å². The number of alkyl halides is 6. The van der Waals surface area contributed by atoms with E-state index >= 15 is 0 Å². The Morgan fingerprint density at radius 1 is 1.04 bits per heavy atom. The van der Waals surface area contributed by atoms with E-state index in [-0.39, 0.29) is 42.9 Å². The monoisotopic (exact) mass is 424 g/mol. The van der Waals surface area contributed by atoms with Crippen molar-refractivity contribution in [2.75, 3.05) is 26.2 Å². The zero-order chi connectivity index (χ0) is 18.0. The molecule has 2 rings (SSSR count). The molecule has 10 heteroatoms. The summed E-state index contributed by atoms with van der Waals surface area (Å²) in [6, 6.07) is 1.21. The van der Waals surface area contributed by atoms with Gasteiger partial charge in [0.2, 0.25) is 0 Å². The molecule has 26 heavy (non-hydrogen) atoms. The van der Waals surface area contributed by atoms with Gasteiger partial charge in [0.1, 0.15) is 0 Å². The maximum atomic E-state index is 13.4. The van der Waals surface area contributed by atoms with E-state index < -0.39 is 29.5 Å². The third kappa shape index (κ3) is 6.04. The minimum absolute atomic E-state index is 0. The second kappa shape index (κ2) is 9.82. The van der Waals surface area contributed by atoms with Crippen molar-refractivity contribution in [3.8, 4) is 0 Å². The van der Waals surface area contributed by atoms with E-state index in [1.807, 2.05) is 4.90 Å². The molecule has 0 amide bonds. The van der Waals surface area contributed by atoms with E-state index in [2.05, 4.69) is 11.9 Å². The van der Waals surface area contributed by atoms with Gasteiger partial charge in [-0.05, 0) is 24.1 Å². The smallest absolute Gasteiger partial charge is 0.314 e. The number of piperazine rings is 1. The van der Waals surface area contributed by atoms with Gasteiger partial charge in [-0.15, -0.1) is 31.4 Å². The molecule has 1 aliphatic heterocycles. The van der Waals surface area contributed by atoms with Crippen LogP contribution in [0.1, 0.15) is 29.2 Å². The molecule has 1 N–H and O–H groups in total. The van der Waals surface area contributed by atoms with Gasteiger partial charge in [0.05, 0.1) is 11.1 Å². The van der Waals surface area contributed by atoms with Crippen LogP contribution in [0.3, 0.4) is 0 Å². The van der Waals surface area contributed by atoms with Crippen molar-refractivity contribution < 1.29 is 26.3 Å². The lowest BCUT2D eigenvalue weighted by atomic mass is 9.93. The first-order valence-corrected chi connectivity index (χ1v) is 7.48. The third-order valence-electron chi connectivity index (χ3n) is 4.03. The summed E-state index contributed by atoms with van der Waals surface area (Å²) in [6.07, 6.45) is -7.95. The number of halogens is 8. The van der Waals surface area contributed by atoms with Crippen molar-refractivity contribution in [3.63, 3.8) is 0 Å². The summed E-state index contributed by atoms with van der Waals surface area (Å²) in [6.45, 7) is 5.86. The van der Waals surface area contributed by atoms with Crippen LogP contribution in [0, 0.1) is 0 Å². The van der Waals surface area contributed by atoms with Crippen molar-refractivity contribution in [1.29, 1.82) is 0 Å². The summed E-state index contributed by atoms with van der Waals surface area (Å²) in [5, 5.41) is 3.10. The highest BCUT2D eigenvalue weighted by Gasteiger charge is 2.40. The minimum atomic E-state index is -4.86. The summed E-state index contributed by atoms with van der Waals surface area (Å²) in [7, 11) is 0. The predicted molar refractivity (Wildman–Crippen MR) is 92.9 cm³/mol. The second-order valence-corrected chi connectivity index (χ2v) is 5.62. The number of hydrogen-bond acceptors (Lipinski definition) is 2. The number of nitrogens with zero attached hydrogens (tertiary/aromatic N) is 1. The first kappa shape index (κ1) is 25.0. The maximum absolute atomic E-state index is 13.4. The molecular weight excluding hydrogens is 405 g/mol. The molecule has 0 saturated carbocycles. The van der Waals surface area contributed by atoms with Crippen molar-refractivity contribution in [2.45, 2.75) is 24.8 Å². The Morgan fingerprint density at radius 3 is 2.08 bits per heavy atom. The lowest BCUT2D eigenvalue weighted by Gasteiger charge is -2.36. The van der Waals surface area contributed by atoms with E-state index in [9.17, 15) is 26.3 Å². The first-order valence-electron chi connectivity index (χ1n) is 7.48. The first-order chi connectivity index (χ1) is 11.1. The number of benzene rings is 1. The van der Waals surface area contributed by atoms with Crippen LogP contribution in [0.2, 0.25) is 0 Å². The molecule has 1 aromatic rings. The average molecular weight is 425 g/mol. The van der Waals surface area contributed by atoms with Crippen molar-refractivity contribution in [3.05, 3.63) is 47.5 Å². The number of nitrogens with one attached hydrogen (secondary N) is 1. The minimum Gasteiger partial charge on any atom is -0.314 e. The Bertz CT molecular complexity index is 583. The third-order valence-corrected chi connectivity index (χ3v) is 4.03. The largest absolute Gasteiger partial charge is 0.416 e. The topological polar surface area (TPSA) is 15.3 Å². The summed E-state index contributed by atoms with van der Waals surface area (Å²) < 4.78 is 78.4. The standard InChI is InChI=1S/C16H18F6N2.2ClH/c1-2-3-14(24-8-6-23-7-9-24)12-5-4-11(15(17,18)19)10-13(12)16(20,21)22;;/h2,4-5,10,14,23H,1,3,6-9H2;2*1H/t14-;;/m0../s1. The summed E-state index contributed by atoms with van der Waals surface area (Å²) in [4.78, 5) is 1.84. The maximum Gasteiger partial charge on any atom is 0.416 e. The normalized spacial score (nSPS) is 17.0. The fourth-order valence-corrected chi connectivity index (χ4v) is 2.89. The highest BCUT2D eigenvalue weighted by Crippen LogP contribution is 2.41. The second-order valence-electron chi connectivity index (χ2n) is 5.62.